The molecule has 0 aliphatic carbocycles. The summed E-state index contributed by atoms with van der Waals surface area (Å²) in [7, 11) is 4.17. The number of piperidine rings is 1. The van der Waals surface area contributed by atoms with E-state index in [-0.39, 0.29) is 5.41 Å². The summed E-state index contributed by atoms with van der Waals surface area (Å²) in [6.07, 6.45) is 4.87. The summed E-state index contributed by atoms with van der Waals surface area (Å²) in [5.41, 5.74) is 2.06. The minimum absolute atomic E-state index is 0.160. The van der Waals surface area contributed by atoms with Gasteiger partial charge in [0, 0.05) is 23.2 Å². The van der Waals surface area contributed by atoms with Gasteiger partial charge in [-0.25, -0.2) is 9.97 Å². The zero-order chi connectivity index (χ0) is 18.4. The minimum Gasteiger partial charge on any atom is -0.354 e. The van der Waals surface area contributed by atoms with Crippen LogP contribution in [0.5, 0.6) is 0 Å². The van der Waals surface area contributed by atoms with Crippen LogP contribution in [0.15, 0.2) is 36.5 Å². The SMILES string of the molecule is CN(C)CCCNc1nccc(C2(c3ccccc3Cl)CCNCC2)n1. The Morgan fingerprint density at radius 3 is 2.69 bits per heavy atom. The summed E-state index contributed by atoms with van der Waals surface area (Å²) >= 11 is 6.58. The third-order valence-corrected chi connectivity index (χ3v) is 5.39. The Kier molecular flexibility index (Phi) is 6.46. The Balaban J connectivity index is 1.86. The number of nitrogens with zero attached hydrogens (tertiary/aromatic N) is 3. The minimum atomic E-state index is -0.160. The molecule has 1 aromatic carbocycles. The second kappa shape index (κ2) is 8.80. The average Bonchev–Trinajstić information content (AvgIpc) is 2.66. The first kappa shape index (κ1) is 19.1. The summed E-state index contributed by atoms with van der Waals surface area (Å²) in [6, 6.07) is 10.2. The number of rotatable bonds is 7. The van der Waals surface area contributed by atoms with Gasteiger partial charge in [0.15, 0.2) is 0 Å². The quantitative estimate of drug-likeness (QED) is 0.730. The van der Waals surface area contributed by atoms with Gasteiger partial charge in [0.1, 0.15) is 0 Å². The van der Waals surface area contributed by atoms with Gasteiger partial charge in [0.2, 0.25) is 5.95 Å². The molecule has 3 rings (SSSR count). The van der Waals surface area contributed by atoms with Crippen LogP contribution in [-0.4, -0.2) is 55.1 Å². The molecule has 0 saturated carbocycles. The molecular formula is C20H28ClN5. The highest BCUT2D eigenvalue weighted by Crippen LogP contribution is 2.42. The van der Waals surface area contributed by atoms with Crippen molar-refractivity contribution in [1.82, 2.24) is 20.2 Å². The molecule has 2 aromatic rings. The van der Waals surface area contributed by atoms with Crippen LogP contribution in [0.1, 0.15) is 30.5 Å². The molecule has 5 nitrogen and oxygen atoms in total. The predicted octanol–water partition coefficient (Wildman–Crippen LogP) is 3.16. The first-order chi connectivity index (χ1) is 12.6. The fraction of sp³-hybridized carbons (Fsp3) is 0.500. The molecular weight excluding hydrogens is 346 g/mol. The summed E-state index contributed by atoms with van der Waals surface area (Å²) in [6.45, 7) is 3.83. The van der Waals surface area contributed by atoms with E-state index in [0.717, 1.165) is 56.2 Å². The zero-order valence-electron chi connectivity index (χ0n) is 15.6. The molecule has 0 spiro atoms. The summed E-state index contributed by atoms with van der Waals surface area (Å²) in [5, 5.41) is 7.64. The van der Waals surface area contributed by atoms with Crippen LogP contribution in [0.25, 0.3) is 0 Å². The van der Waals surface area contributed by atoms with Gasteiger partial charge in [-0.05, 0) is 70.7 Å². The van der Waals surface area contributed by atoms with Crippen molar-refractivity contribution in [3.8, 4) is 0 Å². The second-order valence-electron chi connectivity index (χ2n) is 7.16. The van der Waals surface area contributed by atoms with Crippen molar-refractivity contribution in [2.45, 2.75) is 24.7 Å². The molecule has 1 fully saturated rings. The monoisotopic (exact) mass is 373 g/mol. The van der Waals surface area contributed by atoms with Crippen molar-refractivity contribution >= 4 is 17.5 Å². The molecule has 1 aromatic heterocycles. The Hall–Kier alpha value is -1.69. The number of hydrogen-bond acceptors (Lipinski definition) is 5. The molecule has 1 saturated heterocycles. The van der Waals surface area contributed by atoms with Crippen LogP contribution in [0.4, 0.5) is 5.95 Å². The fourth-order valence-electron chi connectivity index (χ4n) is 3.67. The van der Waals surface area contributed by atoms with Crippen molar-refractivity contribution in [1.29, 1.82) is 0 Å². The van der Waals surface area contributed by atoms with E-state index < -0.39 is 0 Å². The average molecular weight is 374 g/mol. The Morgan fingerprint density at radius 1 is 1.19 bits per heavy atom. The van der Waals surface area contributed by atoms with Gasteiger partial charge in [-0.2, -0.15) is 0 Å². The van der Waals surface area contributed by atoms with Gasteiger partial charge in [-0.15, -0.1) is 0 Å². The molecule has 140 valence electrons. The van der Waals surface area contributed by atoms with Crippen molar-refractivity contribution in [3.05, 3.63) is 52.8 Å². The molecule has 2 N–H and O–H groups in total. The Bertz CT molecular complexity index is 713. The van der Waals surface area contributed by atoms with Crippen LogP contribution in [0.2, 0.25) is 5.02 Å². The lowest BCUT2D eigenvalue weighted by molar-refractivity contribution is 0.354. The maximum Gasteiger partial charge on any atom is 0.222 e. The van der Waals surface area contributed by atoms with E-state index in [1.807, 2.05) is 24.4 Å². The largest absolute Gasteiger partial charge is 0.354 e. The Morgan fingerprint density at radius 2 is 1.96 bits per heavy atom. The standard InChI is InChI=1S/C20H28ClN5/c1-26(2)15-5-11-23-19-24-12-8-18(25-19)20(9-13-22-14-10-20)16-6-3-4-7-17(16)21/h3-4,6-8,12,22H,5,9-11,13-15H2,1-2H3,(H,23,24,25). The highest BCUT2D eigenvalue weighted by atomic mass is 35.5. The van der Waals surface area contributed by atoms with E-state index in [1.54, 1.807) is 0 Å². The highest BCUT2D eigenvalue weighted by molar-refractivity contribution is 6.31. The third-order valence-electron chi connectivity index (χ3n) is 5.06. The van der Waals surface area contributed by atoms with Gasteiger partial charge >= 0.3 is 0 Å². The van der Waals surface area contributed by atoms with Gasteiger partial charge in [0.05, 0.1) is 5.69 Å². The van der Waals surface area contributed by atoms with E-state index in [9.17, 15) is 0 Å². The molecule has 26 heavy (non-hydrogen) atoms. The molecule has 2 heterocycles. The van der Waals surface area contributed by atoms with Gasteiger partial charge in [0.25, 0.3) is 0 Å². The second-order valence-corrected chi connectivity index (χ2v) is 7.57. The smallest absolute Gasteiger partial charge is 0.222 e. The van der Waals surface area contributed by atoms with Crippen LogP contribution in [-0.2, 0) is 5.41 Å². The predicted molar refractivity (Wildman–Crippen MR) is 108 cm³/mol. The number of aromatic nitrogens is 2. The molecule has 6 heteroatoms. The molecule has 1 aliphatic heterocycles. The first-order valence-corrected chi connectivity index (χ1v) is 9.67. The van der Waals surface area contributed by atoms with Gasteiger partial charge in [-0.3, -0.25) is 0 Å². The molecule has 0 radical (unpaired) electrons. The van der Waals surface area contributed by atoms with Gasteiger partial charge in [-0.1, -0.05) is 29.8 Å². The summed E-state index contributed by atoms with van der Waals surface area (Å²) in [5.74, 6) is 0.700. The number of halogens is 1. The van der Waals surface area contributed by atoms with Crippen molar-refractivity contribution in [2.24, 2.45) is 0 Å². The van der Waals surface area contributed by atoms with Crippen LogP contribution >= 0.6 is 11.6 Å². The van der Waals surface area contributed by atoms with Crippen LogP contribution in [0.3, 0.4) is 0 Å². The Labute approximate surface area is 161 Å². The van der Waals surface area contributed by atoms with Crippen molar-refractivity contribution in [2.75, 3.05) is 45.6 Å². The fourth-order valence-corrected chi connectivity index (χ4v) is 3.99. The van der Waals surface area contributed by atoms with Gasteiger partial charge < -0.3 is 15.5 Å². The normalized spacial score (nSPS) is 16.6. The molecule has 1 aliphatic rings. The van der Waals surface area contributed by atoms with E-state index >= 15 is 0 Å². The summed E-state index contributed by atoms with van der Waals surface area (Å²) < 4.78 is 0. The lowest BCUT2D eigenvalue weighted by Gasteiger charge is -2.38. The number of hydrogen-bond donors (Lipinski definition) is 2. The summed E-state index contributed by atoms with van der Waals surface area (Å²) in [4.78, 5) is 11.5. The van der Waals surface area contributed by atoms with Crippen LogP contribution < -0.4 is 10.6 Å². The van der Waals surface area contributed by atoms with Crippen molar-refractivity contribution < 1.29 is 0 Å². The van der Waals surface area contributed by atoms with E-state index in [0.29, 0.717) is 5.95 Å². The number of benzene rings is 1. The molecule has 0 atom stereocenters. The first-order valence-electron chi connectivity index (χ1n) is 9.30. The number of nitrogens with one attached hydrogen (secondary N) is 2. The highest BCUT2D eigenvalue weighted by Gasteiger charge is 2.38. The van der Waals surface area contributed by atoms with Crippen molar-refractivity contribution in [3.63, 3.8) is 0 Å². The lowest BCUT2D eigenvalue weighted by atomic mass is 9.70. The third kappa shape index (κ3) is 4.34. The van der Waals surface area contributed by atoms with E-state index in [1.165, 1.54) is 5.56 Å². The maximum absolute atomic E-state index is 6.58. The zero-order valence-corrected chi connectivity index (χ0v) is 16.4. The lowest BCUT2D eigenvalue weighted by Crippen LogP contribution is -2.41. The molecule has 0 amide bonds. The van der Waals surface area contributed by atoms with Crippen LogP contribution in [0, 0.1) is 0 Å². The topological polar surface area (TPSA) is 53.1 Å². The molecule has 0 unspecified atom stereocenters. The van der Waals surface area contributed by atoms with E-state index in [4.69, 9.17) is 16.6 Å². The maximum atomic E-state index is 6.58. The van der Waals surface area contributed by atoms with E-state index in [2.05, 4.69) is 46.7 Å². The molecule has 0 bridgehead atoms. The number of anilines is 1.